The molecule has 4 heteroatoms. The van der Waals surface area contributed by atoms with Gasteiger partial charge in [0.2, 0.25) is 0 Å². The highest BCUT2D eigenvalue weighted by Crippen LogP contribution is 2.47. The van der Waals surface area contributed by atoms with Crippen LogP contribution < -0.4 is 5.56 Å². The van der Waals surface area contributed by atoms with Gasteiger partial charge in [0.15, 0.2) is 0 Å². The van der Waals surface area contributed by atoms with Crippen LogP contribution in [0.5, 0.6) is 0 Å². The first kappa shape index (κ1) is 22.7. The minimum absolute atomic E-state index is 0.000700. The van der Waals surface area contributed by atoms with Gasteiger partial charge in [-0.2, -0.15) is 0 Å². The Kier molecular flexibility index (Phi) is 4.69. The summed E-state index contributed by atoms with van der Waals surface area (Å²) in [4.78, 5) is 16.2. The summed E-state index contributed by atoms with van der Waals surface area (Å²) in [5.74, 6) is 0. The molecule has 0 bridgehead atoms. The number of hydrogen-bond acceptors (Lipinski definition) is 2. The van der Waals surface area contributed by atoms with Gasteiger partial charge in [-0.25, -0.2) is 0 Å². The maximum atomic E-state index is 13.7. The molecule has 3 nitrogen and oxygen atoms in total. The Labute approximate surface area is 239 Å². The number of para-hydroxylation sites is 3. The first-order chi connectivity index (χ1) is 20.3. The first-order valence-electron chi connectivity index (χ1n) is 13.7. The smallest absolute Gasteiger partial charge is 0.263 e. The van der Waals surface area contributed by atoms with Gasteiger partial charge in [-0.05, 0) is 77.2 Å². The summed E-state index contributed by atoms with van der Waals surface area (Å²) in [6, 6.07) is 46.4. The van der Waals surface area contributed by atoms with Gasteiger partial charge in [0.05, 0.1) is 22.2 Å². The molecule has 3 heterocycles. The number of aromatic nitrogens is 2. The number of pyridine rings is 1. The van der Waals surface area contributed by atoms with Crippen LogP contribution in [-0.2, 0) is 0 Å². The van der Waals surface area contributed by atoms with Gasteiger partial charge in [0, 0.05) is 37.0 Å². The molecule has 6 aromatic carbocycles. The molecule has 9 rings (SSSR count). The lowest BCUT2D eigenvalue weighted by Gasteiger charge is -2.19. The van der Waals surface area contributed by atoms with Crippen LogP contribution in [0, 0.1) is 0 Å². The normalized spacial score (nSPS) is 12.4. The third kappa shape index (κ3) is 3.19. The molecule has 8 aromatic rings. The summed E-state index contributed by atoms with van der Waals surface area (Å²) >= 11 is 1.85. The Balaban J connectivity index is 1.31. The summed E-state index contributed by atoms with van der Waals surface area (Å²) in [5.41, 5.74) is 7.80. The molecule has 1 aliphatic heterocycles. The van der Waals surface area contributed by atoms with Crippen LogP contribution in [0.15, 0.2) is 148 Å². The number of benzene rings is 6. The number of fused-ring (bicyclic) bond motifs is 8. The molecule has 0 saturated carbocycles. The van der Waals surface area contributed by atoms with Crippen molar-refractivity contribution in [2.45, 2.75) is 9.79 Å². The topological polar surface area (TPSA) is 26.9 Å². The minimum Gasteiger partial charge on any atom is -0.307 e. The van der Waals surface area contributed by atoms with E-state index in [1.165, 1.54) is 37.3 Å². The van der Waals surface area contributed by atoms with Crippen molar-refractivity contribution < 1.29 is 0 Å². The third-order valence-electron chi connectivity index (χ3n) is 8.31. The number of rotatable bonds is 2. The monoisotopic (exact) mass is 542 g/mol. The standard InChI is InChI=1S/C37H22N2OS/c40-37-28-12-5-4-11-26(28)29-21-23(17-19-31(29)38(37)25-9-2-1-3-10-25)24-18-20-32-30(22-24)27-13-8-16-35-36(27)39(32)33-14-6-7-15-34(33)41-35/h1-22H. The van der Waals surface area contributed by atoms with Gasteiger partial charge in [-0.1, -0.05) is 84.6 Å². The highest BCUT2D eigenvalue weighted by molar-refractivity contribution is 7.99. The van der Waals surface area contributed by atoms with Crippen molar-refractivity contribution in [2.75, 3.05) is 0 Å². The Hall–Kier alpha value is -5.06. The van der Waals surface area contributed by atoms with Crippen LogP contribution in [0.3, 0.4) is 0 Å². The molecule has 0 amide bonds. The molecule has 0 unspecified atom stereocenters. The van der Waals surface area contributed by atoms with Gasteiger partial charge < -0.3 is 4.57 Å². The minimum atomic E-state index is 0.000700. The summed E-state index contributed by atoms with van der Waals surface area (Å²) in [6.45, 7) is 0. The van der Waals surface area contributed by atoms with Crippen LogP contribution in [0.2, 0.25) is 0 Å². The lowest BCUT2D eigenvalue weighted by molar-refractivity contribution is 1.06. The van der Waals surface area contributed by atoms with E-state index < -0.39 is 0 Å². The Morgan fingerprint density at radius 3 is 1.88 bits per heavy atom. The molecule has 0 spiro atoms. The molecule has 0 N–H and O–H groups in total. The lowest BCUT2D eigenvalue weighted by atomic mass is 9.98. The fourth-order valence-electron chi connectivity index (χ4n) is 6.49. The molecule has 192 valence electrons. The quantitative estimate of drug-likeness (QED) is 0.204. The van der Waals surface area contributed by atoms with E-state index in [2.05, 4.69) is 89.5 Å². The molecule has 1 aliphatic rings. The fraction of sp³-hybridized carbons (Fsp3) is 0. The predicted octanol–water partition coefficient (Wildman–Crippen LogP) is 9.37. The zero-order valence-corrected chi connectivity index (χ0v) is 22.7. The third-order valence-corrected chi connectivity index (χ3v) is 9.43. The highest BCUT2D eigenvalue weighted by Gasteiger charge is 2.23. The van der Waals surface area contributed by atoms with Gasteiger partial charge in [0.1, 0.15) is 0 Å². The van der Waals surface area contributed by atoms with Crippen LogP contribution in [0.25, 0.3) is 66.0 Å². The van der Waals surface area contributed by atoms with E-state index in [1.54, 1.807) is 0 Å². The van der Waals surface area contributed by atoms with Crippen LogP contribution in [0.4, 0.5) is 0 Å². The average molecular weight is 543 g/mol. The highest BCUT2D eigenvalue weighted by atomic mass is 32.2. The van der Waals surface area contributed by atoms with Crippen molar-refractivity contribution >= 4 is 55.2 Å². The summed E-state index contributed by atoms with van der Waals surface area (Å²) < 4.78 is 4.26. The molecule has 0 aliphatic carbocycles. The second-order valence-corrected chi connectivity index (χ2v) is 11.6. The molecule has 0 fully saturated rings. The van der Waals surface area contributed by atoms with Crippen molar-refractivity contribution in [3.8, 4) is 22.5 Å². The Morgan fingerprint density at radius 2 is 1.07 bits per heavy atom. The van der Waals surface area contributed by atoms with Crippen LogP contribution >= 0.6 is 11.8 Å². The fourth-order valence-corrected chi connectivity index (χ4v) is 7.58. The lowest BCUT2D eigenvalue weighted by Crippen LogP contribution is -2.19. The molecule has 41 heavy (non-hydrogen) atoms. The van der Waals surface area contributed by atoms with Gasteiger partial charge in [-0.15, -0.1) is 0 Å². The van der Waals surface area contributed by atoms with Crippen LogP contribution in [0.1, 0.15) is 0 Å². The van der Waals surface area contributed by atoms with Crippen molar-refractivity contribution in [3.05, 3.63) is 144 Å². The molecular formula is C37H22N2OS. The molecule has 2 aromatic heterocycles. The van der Waals surface area contributed by atoms with E-state index in [9.17, 15) is 4.79 Å². The first-order valence-corrected chi connectivity index (χ1v) is 14.6. The van der Waals surface area contributed by atoms with Crippen molar-refractivity contribution in [2.24, 2.45) is 0 Å². The summed E-state index contributed by atoms with van der Waals surface area (Å²) in [5, 5.41) is 5.28. The number of hydrogen-bond donors (Lipinski definition) is 0. The van der Waals surface area contributed by atoms with Gasteiger partial charge in [-0.3, -0.25) is 9.36 Å². The van der Waals surface area contributed by atoms with Crippen molar-refractivity contribution in [1.82, 2.24) is 9.13 Å². The predicted molar refractivity (Wildman–Crippen MR) is 171 cm³/mol. The van der Waals surface area contributed by atoms with E-state index in [-0.39, 0.29) is 5.56 Å². The summed E-state index contributed by atoms with van der Waals surface area (Å²) in [7, 11) is 0. The Morgan fingerprint density at radius 1 is 0.463 bits per heavy atom. The largest absolute Gasteiger partial charge is 0.307 e. The molecule has 0 saturated heterocycles. The SMILES string of the molecule is O=c1c2ccccc2c2cc(-c3ccc4c(c3)c3cccc5c3n4-c3ccccc3S5)ccc2n1-c1ccccc1. The van der Waals surface area contributed by atoms with E-state index in [4.69, 9.17) is 0 Å². The van der Waals surface area contributed by atoms with Gasteiger partial charge in [0.25, 0.3) is 5.56 Å². The van der Waals surface area contributed by atoms with E-state index in [1.807, 2.05) is 64.9 Å². The van der Waals surface area contributed by atoms with E-state index >= 15 is 0 Å². The maximum absolute atomic E-state index is 13.7. The second kappa shape index (κ2) is 8.47. The molecule has 0 radical (unpaired) electrons. The van der Waals surface area contributed by atoms with Gasteiger partial charge >= 0.3 is 0 Å². The van der Waals surface area contributed by atoms with E-state index in [0.29, 0.717) is 0 Å². The zero-order valence-electron chi connectivity index (χ0n) is 21.9. The second-order valence-electron chi connectivity index (χ2n) is 10.5. The zero-order chi connectivity index (χ0) is 27.1. The summed E-state index contributed by atoms with van der Waals surface area (Å²) in [6.07, 6.45) is 0. The molecular weight excluding hydrogens is 520 g/mol. The van der Waals surface area contributed by atoms with Crippen molar-refractivity contribution in [3.63, 3.8) is 0 Å². The average Bonchev–Trinajstić information content (AvgIpc) is 3.37. The number of nitrogens with zero attached hydrogens (tertiary/aromatic N) is 2. The maximum Gasteiger partial charge on any atom is 0.263 e. The van der Waals surface area contributed by atoms with Crippen LogP contribution in [-0.4, -0.2) is 9.13 Å². The molecule has 0 atom stereocenters. The van der Waals surface area contributed by atoms with Crippen molar-refractivity contribution in [1.29, 1.82) is 0 Å². The van der Waals surface area contributed by atoms with E-state index in [0.717, 1.165) is 38.5 Å². The Bertz CT molecular complexity index is 2420.